The molecule has 0 fully saturated rings. The highest BCUT2D eigenvalue weighted by Crippen LogP contribution is 2.43. The Morgan fingerprint density at radius 2 is 1.01 bits per heavy atom. The number of allylic oxidation sites excluding steroid dienone is 2. The molecule has 1 aliphatic carbocycles. The number of carbonyl (C=O) groups excluding carboxylic acids is 6. The molecule has 3 N–H and O–H groups in total. The van der Waals surface area contributed by atoms with Gasteiger partial charge in [0.05, 0.1) is 11.1 Å². The molecule has 0 bridgehead atoms. The maximum absolute atomic E-state index is 13.9. The molecule has 0 aromatic heterocycles. The standard InChI is InChI=1S/C54H45N5O8/c1-29-26-30(2)47(31(3)27-29)59-54(67)42(32(4)55-59)46-48(61)45(49(46)62)36-21-20-35(28-41(36)60)56(23-11-25-58-52(65)39-18-9-14-34-15-10-19-40(44(34)39)53(58)66)22-5-6-24-57-50(63)37-16-7-12-33-13-8-17-38(43(33)37)51(57)64/h7-10,12-21,26-28,60-61H,5-6,11,22-25H2,1-4H3/p+1. The van der Waals surface area contributed by atoms with E-state index >= 15 is 0 Å². The lowest BCUT2D eigenvalue weighted by Crippen LogP contribution is -2.81. The first kappa shape index (κ1) is 42.7. The van der Waals surface area contributed by atoms with Gasteiger partial charge in [-0.3, -0.25) is 38.6 Å². The average molecular weight is 893 g/mol. The van der Waals surface area contributed by atoms with Crippen molar-refractivity contribution in [3.63, 3.8) is 0 Å². The number of phenols is 1. The molecular formula is C54H46N5O8+. The van der Waals surface area contributed by atoms with E-state index < -0.39 is 17.4 Å². The lowest BCUT2D eigenvalue weighted by Gasteiger charge is -2.30. The first-order valence-electron chi connectivity index (χ1n) is 22.3. The van der Waals surface area contributed by atoms with Crippen molar-refractivity contribution in [1.82, 2.24) is 9.80 Å². The second-order valence-electron chi connectivity index (χ2n) is 17.6. The lowest BCUT2D eigenvalue weighted by molar-refractivity contribution is -0.455. The van der Waals surface area contributed by atoms with Crippen LogP contribution in [0.4, 0.5) is 11.4 Å². The topological polar surface area (TPSA) is 170 Å². The fourth-order valence-corrected chi connectivity index (χ4v) is 10.3. The van der Waals surface area contributed by atoms with Crippen molar-refractivity contribution < 1.29 is 44.1 Å². The van der Waals surface area contributed by atoms with Crippen LogP contribution >= 0.6 is 0 Å². The summed E-state index contributed by atoms with van der Waals surface area (Å²) >= 11 is 0. The zero-order chi connectivity index (χ0) is 47.0. The van der Waals surface area contributed by atoms with Gasteiger partial charge in [-0.25, -0.2) is 0 Å². The SMILES string of the molecule is CC1=[NH+]N(c2c(C)cc(C)cc2C)C(=O)C1=C1C(=O)C(c2ccc(N(CCCCN3C(=O)c4cccc5cccc(c45)C3=O)CCCN3C(=O)c4cccc5cccc(c45)C3=O)cc2O)=C1O. The number of ketones is 1. The van der Waals surface area contributed by atoms with E-state index in [-0.39, 0.29) is 64.8 Å². The van der Waals surface area contributed by atoms with Crippen LogP contribution in [-0.4, -0.2) is 87.2 Å². The van der Waals surface area contributed by atoms with E-state index in [9.17, 15) is 39.0 Å². The summed E-state index contributed by atoms with van der Waals surface area (Å²) in [4.78, 5) is 86.9. The molecular weight excluding hydrogens is 847 g/mol. The monoisotopic (exact) mass is 892 g/mol. The van der Waals surface area contributed by atoms with Gasteiger partial charge in [0.1, 0.15) is 22.8 Å². The predicted octanol–water partition coefficient (Wildman–Crippen LogP) is 6.84. The van der Waals surface area contributed by atoms with Gasteiger partial charge < -0.3 is 15.1 Å². The molecule has 0 spiro atoms. The van der Waals surface area contributed by atoms with Gasteiger partial charge in [0.15, 0.2) is 0 Å². The maximum atomic E-state index is 13.9. The third-order valence-electron chi connectivity index (χ3n) is 13.3. The number of nitrogens with one attached hydrogen (secondary N) is 1. The van der Waals surface area contributed by atoms with Crippen molar-refractivity contribution in [3.05, 3.63) is 165 Å². The van der Waals surface area contributed by atoms with E-state index in [1.807, 2.05) is 62.1 Å². The molecule has 0 atom stereocenters. The smallest absolute Gasteiger partial charge is 0.321 e. The number of aromatic hydroxyl groups is 1. The maximum Gasteiger partial charge on any atom is 0.321 e. The summed E-state index contributed by atoms with van der Waals surface area (Å²) in [6.45, 7) is 8.45. The fourth-order valence-electron chi connectivity index (χ4n) is 10.3. The van der Waals surface area contributed by atoms with Crippen molar-refractivity contribution in [1.29, 1.82) is 0 Å². The van der Waals surface area contributed by atoms with Gasteiger partial charge in [0, 0.05) is 83.4 Å². The van der Waals surface area contributed by atoms with Crippen molar-refractivity contribution in [3.8, 4) is 5.75 Å². The fraction of sp³-hybridized carbons (Fsp3) is 0.204. The number of hydrazine groups is 1. The number of imide groups is 2. The molecule has 3 aliphatic heterocycles. The first-order chi connectivity index (χ1) is 32.2. The normalized spacial score (nSPS) is 16.8. The van der Waals surface area contributed by atoms with Crippen molar-refractivity contribution in [2.24, 2.45) is 0 Å². The van der Waals surface area contributed by atoms with E-state index in [1.165, 1.54) is 26.9 Å². The second-order valence-corrected chi connectivity index (χ2v) is 17.6. The minimum absolute atomic E-state index is 0.0490. The molecule has 0 saturated carbocycles. The Kier molecular flexibility index (Phi) is 10.4. The Bertz CT molecular complexity index is 3220. The molecule has 334 valence electrons. The minimum Gasteiger partial charge on any atom is -0.507 e. The van der Waals surface area contributed by atoms with E-state index in [0.29, 0.717) is 82.5 Å². The number of anilines is 2. The average Bonchev–Trinajstić information content (AvgIpc) is 3.58. The zero-order valence-electron chi connectivity index (χ0n) is 37.4. The molecule has 67 heavy (non-hydrogen) atoms. The number of nitrogens with zero attached hydrogens (tertiary/aromatic N) is 4. The predicted molar refractivity (Wildman–Crippen MR) is 254 cm³/mol. The van der Waals surface area contributed by atoms with Gasteiger partial charge in [0.2, 0.25) is 11.5 Å². The number of aliphatic hydroxyl groups is 1. The van der Waals surface area contributed by atoms with E-state index in [1.54, 1.807) is 61.5 Å². The molecule has 4 aliphatic rings. The summed E-state index contributed by atoms with van der Waals surface area (Å²) in [7, 11) is 0. The van der Waals surface area contributed by atoms with Crippen LogP contribution in [0, 0.1) is 20.8 Å². The number of Topliss-reactive ketones (excluding diaryl/α,β-unsaturated/α-hetero) is 1. The van der Waals surface area contributed by atoms with Crippen LogP contribution < -0.4 is 15.0 Å². The van der Waals surface area contributed by atoms with Crippen LogP contribution in [0.15, 0.2) is 120 Å². The van der Waals surface area contributed by atoms with Gasteiger partial charge in [0.25, 0.3) is 23.6 Å². The minimum atomic E-state index is -0.588. The summed E-state index contributed by atoms with van der Waals surface area (Å²) < 4.78 is 0. The molecule has 5 amide bonds. The third-order valence-corrected chi connectivity index (χ3v) is 13.3. The van der Waals surface area contributed by atoms with Crippen LogP contribution in [0.25, 0.3) is 27.1 Å². The Morgan fingerprint density at radius 1 is 0.522 bits per heavy atom. The molecule has 0 radical (unpaired) electrons. The molecule has 13 heteroatoms. The van der Waals surface area contributed by atoms with E-state index in [4.69, 9.17) is 0 Å². The number of hydrogen-bond acceptors (Lipinski definition) is 9. The number of unbranched alkanes of at least 4 members (excludes halogenated alkanes) is 1. The van der Waals surface area contributed by atoms with E-state index in [0.717, 1.165) is 27.5 Å². The van der Waals surface area contributed by atoms with Crippen LogP contribution in [0.2, 0.25) is 0 Å². The van der Waals surface area contributed by atoms with Crippen molar-refractivity contribution >= 4 is 79.5 Å². The summed E-state index contributed by atoms with van der Waals surface area (Å²) in [6, 6.07) is 30.3. The van der Waals surface area contributed by atoms with Crippen LogP contribution in [0.5, 0.6) is 5.75 Å². The van der Waals surface area contributed by atoms with Gasteiger partial charge in [-0.15, -0.1) is 5.10 Å². The van der Waals surface area contributed by atoms with Crippen LogP contribution in [0.3, 0.4) is 0 Å². The summed E-state index contributed by atoms with van der Waals surface area (Å²) in [5, 5.41) is 30.4. The summed E-state index contributed by atoms with van der Waals surface area (Å²) in [6.07, 6.45) is 1.33. The highest BCUT2D eigenvalue weighted by Gasteiger charge is 2.47. The van der Waals surface area contributed by atoms with Gasteiger partial charge in [-0.2, -0.15) is 0 Å². The number of benzene rings is 6. The number of carbonyl (C=O) groups is 6. The van der Waals surface area contributed by atoms with Gasteiger partial charge in [-0.1, -0.05) is 71.2 Å². The lowest BCUT2D eigenvalue weighted by atomic mass is 9.79. The van der Waals surface area contributed by atoms with E-state index in [2.05, 4.69) is 5.10 Å². The Balaban J connectivity index is 0.894. The highest BCUT2D eigenvalue weighted by molar-refractivity contribution is 6.44. The number of aryl methyl sites for hydroxylation is 3. The molecule has 0 unspecified atom stereocenters. The Morgan fingerprint density at radius 3 is 1.51 bits per heavy atom. The number of amides is 5. The number of phenolic OH excluding ortho intramolecular Hbond substituents is 1. The molecule has 6 aromatic rings. The molecule has 3 heterocycles. The van der Waals surface area contributed by atoms with Crippen LogP contribution in [0.1, 0.15) is 89.9 Å². The number of aliphatic hydroxyl groups excluding tert-OH is 1. The summed E-state index contributed by atoms with van der Waals surface area (Å²) in [5.74, 6) is -3.21. The quantitative estimate of drug-likeness (QED) is 0.0677. The third kappa shape index (κ3) is 6.88. The molecule has 10 rings (SSSR count). The second kappa shape index (κ2) is 16.4. The number of hydrazone groups is 1. The zero-order valence-corrected chi connectivity index (χ0v) is 37.4. The van der Waals surface area contributed by atoms with Gasteiger partial charge >= 0.3 is 5.91 Å². The van der Waals surface area contributed by atoms with Gasteiger partial charge in [-0.05, 0) is 98.3 Å². The largest absolute Gasteiger partial charge is 0.507 e. The number of hydrogen-bond donors (Lipinski definition) is 3. The molecule has 0 saturated heterocycles. The Labute approximate surface area is 385 Å². The van der Waals surface area contributed by atoms with Crippen molar-refractivity contribution in [2.45, 2.75) is 47.0 Å². The molecule has 6 aromatic carbocycles. The first-order valence-corrected chi connectivity index (χ1v) is 22.3. The number of rotatable bonds is 12. The Hall–Kier alpha value is -8.19. The summed E-state index contributed by atoms with van der Waals surface area (Å²) in [5.41, 5.74) is 6.16. The van der Waals surface area contributed by atoms with Crippen molar-refractivity contribution in [2.75, 3.05) is 36.1 Å². The molecule has 13 nitrogen and oxygen atoms in total. The van der Waals surface area contributed by atoms with Crippen LogP contribution in [-0.2, 0) is 9.59 Å². The highest BCUT2D eigenvalue weighted by atomic mass is 16.3.